The second-order valence-electron chi connectivity index (χ2n) is 6.24. The molecule has 0 heterocycles. The number of hydrogen-bond acceptors (Lipinski definition) is 2. The maximum absolute atomic E-state index is 11.4. The maximum Gasteiger partial charge on any atom is 0.0498 e. The van der Waals surface area contributed by atoms with Crippen LogP contribution in [0, 0.1) is 11.8 Å². The van der Waals surface area contributed by atoms with Gasteiger partial charge in [-0.05, 0) is 41.5 Å². The molecule has 1 N–H and O–H groups in total. The fraction of sp³-hybridized carbons (Fsp3) is 0.368. The smallest absolute Gasteiger partial charge is 0.0498 e. The van der Waals surface area contributed by atoms with E-state index in [9.17, 15) is 4.21 Å². The molecule has 0 saturated heterocycles. The Morgan fingerprint density at radius 2 is 1.77 bits per heavy atom. The summed E-state index contributed by atoms with van der Waals surface area (Å²) in [4.78, 5) is 0.888. The molecule has 1 aliphatic rings. The van der Waals surface area contributed by atoms with Crippen LogP contribution in [0.25, 0.3) is 0 Å². The van der Waals surface area contributed by atoms with E-state index in [4.69, 9.17) is 0 Å². The molecule has 0 bridgehead atoms. The van der Waals surface area contributed by atoms with Gasteiger partial charge < -0.3 is 5.32 Å². The van der Waals surface area contributed by atoms with E-state index in [1.807, 2.05) is 12.1 Å². The Kier molecular flexibility index (Phi) is 4.74. The predicted octanol–water partition coefficient (Wildman–Crippen LogP) is 3.91. The Hall–Kier alpha value is -1.45. The summed E-state index contributed by atoms with van der Waals surface area (Å²) in [6.45, 7) is 3.17. The first kappa shape index (κ1) is 15.4. The SMILES string of the molecule is CC1CC1C(NCc1ccc(S(C)=O)cc1)c1ccccc1. The number of rotatable bonds is 6. The first-order valence-electron chi connectivity index (χ1n) is 7.86. The topological polar surface area (TPSA) is 29.1 Å². The summed E-state index contributed by atoms with van der Waals surface area (Å²) in [6.07, 6.45) is 3.02. The monoisotopic (exact) mass is 313 g/mol. The van der Waals surface area contributed by atoms with E-state index in [0.29, 0.717) is 6.04 Å². The third kappa shape index (κ3) is 3.65. The van der Waals surface area contributed by atoms with Crippen LogP contribution in [0.5, 0.6) is 0 Å². The summed E-state index contributed by atoms with van der Waals surface area (Å²) in [5.74, 6) is 1.55. The van der Waals surface area contributed by atoms with Crippen LogP contribution >= 0.6 is 0 Å². The Bertz CT molecular complexity index is 638. The highest BCUT2D eigenvalue weighted by atomic mass is 32.2. The second kappa shape index (κ2) is 6.76. The Balaban J connectivity index is 1.68. The Morgan fingerprint density at radius 3 is 2.32 bits per heavy atom. The normalized spacial score (nSPS) is 23.0. The molecule has 3 rings (SSSR count). The van der Waals surface area contributed by atoms with Crippen molar-refractivity contribution in [2.24, 2.45) is 11.8 Å². The van der Waals surface area contributed by atoms with Gasteiger partial charge in [0.15, 0.2) is 0 Å². The molecule has 0 radical (unpaired) electrons. The van der Waals surface area contributed by atoms with Crippen LogP contribution in [0.2, 0.25) is 0 Å². The standard InChI is InChI=1S/C19H23NOS/c1-14-12-18(14)19(16-6-4-3-5-7-16)20-13-15-8-10-17(11-9-15)22(2)21/h3-11,14,18-20H,12-13H2,1-2H3. The Morgan fingerprint density at radius 1 is 1.14 bits per heavy atom. The fourth-order valence-electron chi connectivity index (χ4n) is 3.02. The van der Waals surface area contributed by atoms with Crippen LogP contribution in [-0.4, -0.2) is 10.5 Å². The lowest BCUT2D eigenvalue weighted by Gasteiger charge is -2.19. The summed E-state index contributed by atoms with van der Waals surface area (Å²) in [7, 11) is -0.902. The zero-order valence-electron chi connectivity index (χ0n) is 13.2. The number of benzene rings is 2. The quantitative estimate of drug-likeness (QED) is 0.876. The number of nitrogens with one attached hydrogen (secondary N) is 1. The lowest BCUT2D eigenvalue weighted by atomic mass is 10.0. The van der Waals surface area contributed by atoms with Crippen LogP contribution in [0.1, 0.15) is 30.5 Å². The maximum atomic E-state index is 11.4. The molecule has 0 aliphatic heterocycles. The molecule has 0 amide bonds. The van der Waals surface area contributed by atoms with Crippen molar-refractivity contribution in [3.8, 4) is 0 Å². The minimum Gasteiger partial charge on any atom is -0.306 e. The molecular formula is C19H23NOS. The van der Waals surface area contributed by atoms with Crippen molar-refractivity contribution in [1.82, 2.24) is 5.32 Å². The van der Waals surface area contributed by atoms with Gasteiger partial charge in [-0.25, -0.2) is 0 Å². The van der Waals surface area contributed by atoms with Crippen molar-refractivity contribution >= 4 is 10.8 Å². The lowest BCUT2D eigenvalue weighted by Crippen LogP contribution is -2.23. The lowest BCUT2D eigenvalue weighted by molar-refractivity contribution is 0.461. The van der Waals surface area contributed by atoms with Gasteiger partial charge in [-0.2, -0.15) is 0 Å². The van der Waals surface area contributed by atoms with Crippen molar-refractivity contribution in [2.75, 3.05) is 6.26 Å². The third-order valence-electron chi connectivity index (χ3n) is 4.54. The summed E-state index contributed by atoms with van der Waals surface area (Å²) in [5, 5.41) is 3.72. The average Bonchev–Trinajstić information content (AvgIpc) is 3.25. The first-order valence-corrected chi connectivity index (χ1v) is 9.41. The van der Waals surface area contributed by atoms with Crippen LogP contribution in [0.4, 0.5) is 0 Å². The van der Waals surface area contributed by atoms with Gasteiger partial charge in [0.1, 0.15) is 0 Å². The fourth-order valence-corrected chi connectivity index (χ4v) is 3.54. The zero-order valence-corrected chi connectivity index (χ0v) is 14.0. The minimum atomic E-state index is -0.902. The summed E-state index contributed by atoms with van der Waals surface area (Å²) in [6, 6.07) is 19.2. The van der Waals surface area contributed by atoms with Gasteiger partial charge >= 0.3 is 0 Å². The molecule has 1 saturated carbocycles. The van der Waals surface area contributed by atoms with Gasteiger partial charge in [0.2, 0.25) is 0 Å². The molecule has 2 aromatic rings. The van der Waals surface area contributed by atoms with Gasteiger partial charge in [-0.1, -0.05) is 49.4 Å². The highest BCUT2D eigenvalue weighted by molar-refractivity contribution is 7.84. The molecule has 2 nitrogen and oxygen atoms in total. The van der Waals surface area contributed by atoms with E-state index in [1.165, 1.54) is 17.5 Å². The van der Waals surface area contributed by atoms with E-state index in [0.717, 1.165) is 23.3 Å². The highest BCUT2D eigenvalue weighted by Crippen LogP contribution is 2.47. The molecule has 1 aliphatic carbocycles. The van der Waals surface area contributed by atoms with E-state index in [1.54, 1.807) is 6.26 Å². The molecule has 116 valence electrons. The molecule has 4 unspecified atom stereocenters. The second-order valence-corrected chi connectivity index (χ2v) is 7.62. The molecular weight excluding hydrogens is 290 g/mol. The third-order valence-corrected chi connectivity index (χ3v) is 5.48. The summed E-state index contributed by atoms with van der Waals surface area (Å²) >= 11 is 0. The van der Waals surface area contributed by atoms with Crippen LogP contribution < -0.4 is 5.32 Å². The van der Waals surface area contributed by atoms with Crippen LogP contribution in [-0.2, 0) is 17.3 Å². The summed E-state index contributed by atoms with van der Waals surface area (Å²) < 4.78 is 11.4. The largest absolute Gasteiger partial charge is 0.306 e. The van der Waals surface area contributed by atoms with E-state index in [2.05, 4.69) is 54.7 Å². The average molecular weight is 313 g/mol. The van der Waals surface area contributed by atoms with Crippen LogP contribution in [0.15, 0.2) is 59.5 Å². The van der Waals surface area contributed by atoms with Gasteiger partial charge in [0, 0.05) is 34.5 Å². The summed E-state index contributed by atoms with van der Waals surface area (Å²) in [5.41, 5.74) is 2.62. The van der Waals surface area contributed by atoms with Crippen molar-refractivity contribution in [2.45, 2.75) is 30.8 Å². The van der Waals surface area contributed by atoms with Crippen molar-refractivity contribution in [1.29, 1.82) is 0 Å². The zero-order chi connectivity index (χ0) is 15.5. The molecule has 0 spiro atoms. The van der Waals surface area contributed by atoms with Crippen molar-refractivity contribution in [3.05, 3.63) is 65.7 Å². The molecule has 2 aromatic carbocycles. The predicted molar refractivity (Wildman–Crippen MR) is 92.1 cm³/mol. The molecule has 1 fully saturated rings. The highest BCUT2D eigenvalue weighted by Gasteiger charge is 2.39. The van der Waals surface area contributed by atoms with Crippen LogP contribution in [0.3, 0.4) is 0 Å². The van der Waals surface area contributed by atoms with Gasteiger partial charge in [-0.15, -0.1) is 0 Å². The molecule has 0 aromatic heterocycles. The molecule has 4 atom stereocenters. The Labute approximate surface area is 135 Å². The van der Waals surface area contributed by atoms with E-state index in [-0.39, 0.29) is 0 Å². The number of hydrogen-bond donors (Lipinski definition) is 1. The van der Waals surface area contributed by atoms with Gasteiger partial charge in [0.25, 0.3) is 0 Å². The van der Waals surface area contributed by atoms with Crippen molar-refractivity contribution in [3.63, 3.8) is 0 Å². The molecule has 22 heavy (non-hydrogen) atoms. The molecule has 3 heteroatoms. The van der Waals surface area contributed by atoms with E-state index >= 15 is 0 Å². The van der Waals surface area contributed by atoms with Crippen molar-refractivity contribution < 1.29 is 4.21 Å². The minimum absolute atomic E-state index is 0.427. The first-order chi connectivity index (χ1) is 10.6. The van der Waals surface area contributed by atoms with E-state index < -0.39 is 10.8 Å². The van der Waals surface area contributed by atoms with Gasteiger partial charge in [-0.3, -0.25) is 4.21 Å². The van der Waals surface area contributed by atoms with Gasteiger partial charge in [0.05, 0.1) is 0 Å².